The number of unbranched alkanes of at least 4 members (excludes halogenated alkanes) is 1. The van der Waals surface area contributed by atoms with Crippen molar-refractivity contribution in [2.75, 3.05) is 39.5 Å². The van der Waals surface area contributed by atoms with E-state index in [0.717, 1.165) is 31.5 Å². The predicted molar refractivity (Wildman–Crippen MR) is 126 cm³/mol. The molecular formula is C26H34FNO4. The zero-order valence-corrected chi connectivity index (χ0v) is 19.4. The van der Waals surface area contributed by atoms with Crippen LogP contribution in [-0.2, 0) is 9.53 Å². The Morgan fingerprint density at radius 1 is 0.938 bits per heavy atom. The summed E-state index contributed by atoms with van der Waals surface area (Å²) in [6.45, 7) is 13.1. The Bertz CT molecular complexity index is 863. The minimum atomic E-state index is -0.409. The molecule has 0 spiro atoms. The highest BCUT2D eigenvalue weighted by Gasteiger charge is 2.12. The van der Waals surface area contributed by atoms with E-state index in [2.05, 4.69) is 18.4 Å². The number of hydrogen-bond donors (Lipinski definition) is 0. The van der Waals surface area contributed by atoms with E-state index in [1.165, 1.54) is 6.07 Å². The fourth-order valence-electron chi connectivity index (χ4n) is 3.06. The van der Waals surface area contributed by atoms with Crippen LogP contribution >= 0.6 is 0 Å². The first-order chi connectivity index (χ1) is 15.5. The zero-order chi connectivity index (χ0) is 23.3. The van der Waals surface area contributed by atoms with Crippen molar-refractivity contribution in [1.82, 2.24) is 4.90 Å². The quantitative estimate of drug-likeness (QED) is 0.219. The third-order valence-electron chi connectivity index (χ3n) is 5.06. The maximum Gasteiger partial charge on any atom is 0.334 e. The van der Waals surface area contributed by atoms with Gasteiger partial charge in [-0.1, -0.05) is 45.9 Å². The second-order valence-corrected chi connectivity index (χ2v) is 7.42. The van der Waals surface area contributed by atoms with Gasteiger partial charge in [0.05, 0.1) is 6.61 Å². The van der Waals surface area contributed by atoms with Gasteiger partial charge in [-0.3, -0.25) is 4.90 Å². The van der Waals surface area contributed by atoms with Crippen LogP contribution in [0.1, 0.15) is 33.6 Å². The molecule has 0 saturated carbocycles. The summed E-state index contributed by atoms with van der Waals surface area (Å²) in [6.07, 6.45) is 1.97. The van der Waals surface area contributed by atoms with Gasteiger partial charge in [-0.15, -0.1) is 0 Å². The molecule has 174 valence electrons. The molecule has 0 aliphatic heterocycles. The van der Waals surface area contributed by atoms with Gasteiger partial charge in [0, 0.05) is 23.7 Å². The Morgan fingerprint density at radius 2 is 1.59 bits per heavy atom. The molecule has 0 atom stereocenters. The zero-order valence-electron chi connectivity index (χ0n) is 19.4. The summed E-state index contributed by atoms with van der Waals surface area (Å²) >= 11 is 0. The average Bonchev–Trinajstić information content (AvgIpc) is 2.80. The van der Waals surface area contributed by atoms with Crippen LogP contribution in [0.15, 0.2) is 54.6 Å². The van der Waals surface area contributed by atoms with Gasteiger partial charge in [0.15, 0.2) is 0 Å². The van der Waals surface area contributed by atoms with Crippen molar-refractivity contribution in [3.63, 3.8) is 0 Å². The first-order valence-corrected chi connectivity index (χ1v) is 11.2. The van der Waals surface area contributed by atoms with E-state index >= 15 is 0 Å². The Hall–Kier alpha value is -2.86. The third kappa shape index (κ3) is 8.00. The number of ether oxygens (including phenoxy) is 3. The molecule has 2 rings (SSSR count). The Labute approximate surface area is 190 Å². The number of esters is 1. The summed E-state index contributed by atoms with van der Waals surface area (Å²) < 4.78 is 30.9. The van der Waals surface area contributed by atoms with E-state index in [-0.39, 0.29) is 19.0 Å². The monoisotopic (exact) mass is 443 g/mol. The van der Waals surface area contributed by atoms with Gasteiger partial charge in [0.25, 0.3) is 0 Å². The summed E-state index contributed by atoms with van der Waals surface area (Å²) in [5.41, 5.74) is 1.68. The predicted octanol–water partition coefficient (Wildman–Crippen LogP) is 5.49. The minimum Gasteiger partial charge on any atom is -0.493 e. The second kappa shape index (κ2) is 13.5. The Kier molecular flexibility index (Phi) is 10.7. The van der Waals surface area contributed by atoms with Crippen molar-refractivity contribution >= 4 is 5.97 Å². The second-order valence-electron chi connectivity index (χ2n) is 7.42. The molecule has 0 aliphatic carbocycles. The molecule has 0 fully saturated rings. The van der Waals surface area contributed by atoms with E-state index < -0.39 is 5.97 Å². The molecule has 0 radical (unpaired) electrons. The fraction of sp³-hybridized carbons (Fsp3) is 0.423. The Morgan fingerprint density at radius 3 is 2.22 bits per heavy atom. The van der Waals surface area contributed by atoms with E-state index in [4.69, 9.17) is 14.2 Å². The van der Waals surface area contributed by atoms with Crippen LogP contribution in [0.2, 0.25) is 0 Å². The molecule has 0 bridgehead atoms. The average molecular weight is 444 g/mol. The summed E-state index contributed by atoms with van der Waals surface area (Å²) in [5.74, 6) is 0.415. The Balaban J connectivity index is 1.81. The summed E-state index contributed by atoms with van der Waals surface area (Å²) in [6, 6.07) is 12.0. The lowest BCUT2D eigenvalue weighted by Gasteiger charge is -2.18. The molecular weight excluding hydrogens is 409 g/mol. The van der Waals surface area contributed by atoms with Gasteiger partial charge in [-0.05, 0) is 49.3 Å². The molecule has 0 amide bonds. The highest BCUT2D eigenvalue weighted by molar-refractivity contribution is 5.88. The van der Waals surface area contributed by atoms with E-state index in [1.807, 2.05) is 13.8 Å². The lowest BCUT2D eigenvalue weighted by atomic mass is 10.0. The van der Waals surface area contributed by atoms with Gasteiger partial charge in [0.2, 0.25) is 0 Å². The minimum absolute atomic E-state index is 0.131. The van der Waals surface area contributed by atoms with Crippen LogP contribution in [0, 0.1) is 5.82 Å². The van der Waals surface area contributed by atoms with Crippen molar-refractivity contribution in [3.05, 3.63) is 60.4 Å². The lowest BCUT2D eigenvalue weighted by molar-refractivity contribution is -0.140. The summed E-state index contributed by atoms with van der Waals surface area (Å²) in [4.78, 5) is 14.1. The number of carbonyl (C=O) groups is 1. The van der Waals surface area contributed by atoms with E-state index in [9.17, 15) is 9.18 Å². The molecule has 0 aromatic heterocycles. The largest absolute Gasteiger partial charge is 0.493 e. The maximum atomic E-state index is 14.5. The van der Waals surface area contributed by atoms with Gasteiger partial charge in [-0.2, -0.15) is 0 Å². The highest BCUT2D eigenvalue weighted by Crippen LogP contribution is 2.28. The van der Waals surface area contributed by atoms with Crippen LogP contribution in [0.25, 0.3) is 11.1 Å². The number of halogens is 1. The molecule has 2 aromatic carbocycles. The van der Waals surface area contributed by atoms with Crippen LogP contribution < -0.4 is 9.47 Å². The normalized spacial score (nSPS) is 10.8. The highest BCUT2D eigenvalue weighted by atomic mass is 19.1. The summed E-state index contributed by atoms with van der Waals surface area (Å²) in [5, 5.41) is 0. The first-order valence-electron chi connectivity index (χ1n) is 11.2. The lowest BCUT2D eigenvalue weighted by Crippen LogP contribution is -2.28. The van der Waals surface area contributed by atoms with Crippen LogP contribution in [-0.4, -0.2) is 50.3 Å². The molecule has 6 heteroatoms. The van der Waals surface area contributed by atoms with Crippen LogP contribution in [0.4, 0.5) is 4.39 Å². The van der Waals surface area contributed by atoms with Gasteiger partial charge >= 0.3 is 5.97 Å². The van der Waals surface area contributed by atoms with E-state index in [1.54, 1.807) is 36.4 Å². The molecule has 5 nitrogen and oxygen atoms in total. The summed E-state index contributed by atoms with van der Waals surface area (Å²) in [7, 11) is 0. The molecule has 0 N–H and O–H groups in total. The van der Waals surface area contributed by atoms with Gasteiger partial charge < -0.3 is 14.2 Å². The number of rotatable bonds is 14. The number of nitrogens with zero attached hydrogens (tertiary/aromatic N) is 1. The van der Waals surface area contributed by atoms with Crippen molar-refractivity contribution in [2.24, 2.45) is 0 Å². The SMILES string of the molecule is C=C(CN(CC)CC)C(=O)OCCOc1ccc(-c2ccc(OCCCC)cc2F)cc1. The van der Waals surface area contributed by atoms with Crippen molar-refractivity contribution < 1.29 is 23.4 Å². The van der Waals surface area contributed by atoms with Crippen molar-refractivity contribution in [2.45, 2.75) is 33.6 Å². The molecule has 2 aromatic rings. The molecule has 0 heterocycles. The number of hydrogen-bond acceptors (Lipinski definition) is 5. The molecule has 0 saturated heterocycles. The van der Waals surface area contributed by atoms with Gasteiger partial charge in [0.1, 0.15) is 30.5 Å². The topological polar surface area (TPSA) is 48.0 Å². The molecule has 0 unspecified atom stereocenters. The third-order valence-corrected chi connectivity index (χ3v) is 5.06. The number of carbonyl (C=O) groups excluding carboxylic acids is 1. The standard InChI is InChI=1S/C26H34FNO4/c1-5-8-15-30-23-13-14-24(25(27)18-23)21-9-11-22(12-10-21)31-16-17-32-26(29)20(4)19-28(6-2)7-3/h9-14,18H,4-8,15-17,19H2,1-3H3. The smallest absolute Gasteiger partial charge is 0.334 e. The molecule has 0 aliphatic rings. The molecule has 32 heavy (non-hydrogen) atoms. The number of benzene rings is 2. The number of likely N-dealkylation sites (N-methyl/N-ethyl adjacent to an activating group) is 1. The van der Waals surface area contributed by atoms with E-state index in [0.29, 0.717) is 35.8 Å². The van der Waals surface area contributed by atoms with Crippen molar-refractivity contribution in [1.29, 1.82) is 0 Å². The van der Waals surface area contributed by atoms with Gasteiger partial charge in [-0.25, -0.2) is 9.18 Å². The van der Waals surface area contributed by atoms with Crippen LogP contribution in [0.5, 0.6) is 11.5 Å². The first kappa shape index (κ1) is 25.4. The maximum absolute atomic E-state index is 14.5. The fourth-order valence-corrected chi connectivity index (χ4v) is 3.06. The van der Waals surface area contributed by atoms with Crippen LogP contribution in [0.3, 0.4) is 0 Å². The van der Waals surface area contributed by atoms with Crippen molar-refractivity contribution in [3.8, 4) is 22.6 Å².